The topological polar surface area (TPSA) is 79.1 Å². The van der Waals surface area contributed by atoms with E-state index in [-0.39, 0.29) is 11.1 Å². The molecule has 0 amide bonds. The summed E-state index contributed by atoms with van der Waals surface area (Å²) in [7, 11) is 1.28. The summed E-state index contributed by atoms with van der Waals surface area (Å²) >= 11 is 1.16. The van der Waals surface area contributed by atoms with Crippen molar-refractivity contribution in [2.24, 2.45) is 4.99 Å². The van der Waals surface area contributed by atoms with Gasteiger partial charge < -0.3 is 14.2 Å². The van der Waals surface area contributed by atoms with Crippen molar-refractivity contribution in [2.75, 3.05) is 20.3 Å². The first kappa shape index (κ1) is 23.4. The van der Waals surface area contributed by atoms with Crippen molar-refractivity contribution < 1.29 is 23.4 Å². The summed E-state index contributed by atoms with van der Waals surface area (Å²) in [6.07, 6.45) is 3.03. The molecule has 9 heteroatoms. The Kier molecular flexibility index (Phi) is 6.93. The van der Waals surface area contributed by atoms with Crippen LogP contribution in [-0.2, 0) is 9.53 Å². The van der Waals surface area contributed by atoms with Crippen LogP contribution in [0.25, 0.3) is 6.08 Å². The van der Waals surface area contributed by atoms with Crippen LogP contribution in [0.2, 0.25) is 0 Å². The van der Waals surface area contributed by atoms with E-state index < -0.39 is 17.8 Å². The minimum Gasteiger partial charge on any atom is -0.490 e. The average Bonchev–Trinajstić information content (AvgIpc) is 3.14. The number of fused-ring (bicyclic) bond motifs is 1. The Labute approximate surface area is 199 Å². The quantitative estimate of drug-likeness (QED) is 0.484. The SMILES string of the molecule is CCOc1ccc([C@H]2C(C(=O)OC)=CN=c3s/c(=C\c4cccc(F)c4)c(=O)n32)cc1OCC. The molecule has 1 aromatic heterocycles. The maximum absolute atomic E-state index is 13.6. The number of thiazole rings is 1. The molecule has 1 atom stereocenters. The van der Waals surface area contributed by atoms with Crippen LogP contribution in [0.15, 0.2) is 64.0 Å². The molecule has 0 aliphatic carbocycles. The van der Waals surface area contributed by atoms with E-state index in [2.05, 4.69) is 4.99 Å². The van der Waals surface area contributed by atoms with Crippen LogP contribution < -0.4 is 24.4 Å². The number of carbonyl (C=O) groups excluding carboxylic acids is 1. The monoisotopic (exact) mass is 482 g/mol. The van der Waals surface area contributed by atoms with Gasteiger partial charge in [0.05, 0.1) is 36.5 Å². The number of nitrogens with zero attached hydrogens (tertiary/aromatic N) is 2. The van der Waals surface area contributed by atoms with Crippen LogP contribution in [0, 0.1) is 5.82 Å². The van der Waals surface area contributed by atoms with Gasteiger partial charge in [-0.25, -0.2) is 14.2 Å². The van der Waals surface area contributed by atoms with Gasteiger partial charge in [0.15, 0.2) is 16.3 Å². The Morgan fingerprint density at radius 2 is 1.91 bits per heavy atom. The van der Waals surface area contributed by atoms with Crippen molar-refractivity contribution in [1.29, 1.82) is 0 Å². The lowest BCUT2D eigenvalue weighted by Gasteiger charge is -2.23. The molecule has 0 bridgehead atoms. The summed E-state index contributed by atoms with van der Waals surface area (Å²) in [6.45, 7) is 4.61. The number of hydrogen-bond acceptors (Lipinski definition) is 7. The van der Waals surface area contributed by atoms with Crippen LogP contribution in [0.4, 0.5) is 4.39 Å². The minimum atomic E-state index is -0.784. The van der Waals surface area contributed by atoms with Gasteiger partial charge in [0, 0.05) is 6.20 Å². The molecule has 1 aliphatic heterocycles. The molecule has 0 fully saturated rings. The molecule has 0 unspecified atom stereocenters. The molecule has 0 radical (unpaired) electrons. The fourth-order valence-corrected chi connectivity index (χ4v) is 4.70. The summed E-state index contributed by atoms with van der Waals surface area (Å²) in [5.74, 6) is 0.0744. The van der Waals surface area contributed by atoms with Crippen LogP contribution >= 0.6 is 11.3 Å². The van der Waals surface area contributed by atoms with E-state index in [0.29, 0.717) is 45.2 Å². The van der Waals surface area contributed by atoms with Crippen LogP contribution in [-0.4, -0.2) is 30.9 Å². The highest BCUT2D eigenvalue weighted by molar-refractivity contribution is 7.07. The van der Waals surface area contributed by atoms with Gasteiger partial charge in [-0.2, -0.15) is 0 Å². The number of aromatic nitrogens is 1. The predicted octanol–water partition coefficient (Wildman–Crippen LogP) is 2.95. The summed E-state index contributed by atoms with van der Waals surface area (Å²) in [6, 6.07) is 10.5. The van der Waals surface area contributed by atoms with Crippen LogP contribution in [0.5, 0.6) is 11.5 Å². The number of esters is 1. The highest BCUT2D eigenvalue weighted by atomic mass is 32.1. The fraction of sp³-hybridized carbons (Fsp3) is 0.240. The first-order chi connectivity index (χ1) is 16.5. The number of benzene rings is 2. The van der Waals surface area contributed by atoms with Crippen molar-refractivity contribution in [3.8, 4) is 11.5 Å². The van der Waals surface area contributed by atoms with Crippen molar-refractivity contribution in [3.63, 3.8) is 0 Å². The molecular weight excluding hydrogens is 459 g/mol. The number of ether oxygens (including phenoxy) is 3. The van der Waals surface area contributed by atoms with E-state index in [0.717, 1.165) is 11.3 Å². The van der Waals surface area contributed by atoms with E-state index in [1.807, 2.05) is 13.8 Å². The van der Waals surface area contributed by atoms with Crippen molar-refractivity contribution in [1.82, 2.24) is 4.57 Å². The second-order valence-corrected chi connectivity index (χ2v) is 8.31. The lowest BCUT2D eigenvalue weighted by atomic mass is 9.97. The third-order valence-electron chi connectivity index (χ3n) is 5.15. The Balaban J connectivity index is 1.91. The van der Waals surface area contributed by atoms with Gasteiger partial charge in [-0.3, -0.25) is 9.36 Å². The molecule has 4 rings (SSSR count). The smallest absolute Gasteiger partial charge is 0.337 e. The number of rotatable bonds is 7. The number of methoxy groups -OCH3 is 1. The standard InChI is InChI=1S/C25H23FN2O5S/c1-4-32-19-10-9-16(13-20(19)33-5-2)22-18(24(30)31-3)14-27-25-28(22)23(29)21(34-25)12-15-7-6-8-17(26)11-15/h6-14,22H,4-5H2,1-3H3/b21-12-/t22-/m0/s1. The first-order valence-electron chi connectivity index (χ1n) is 10.7. The van der Waals surface area contributed by atoms with Crippen LogP contribution in [0.3, 0.4) is 0 Å². The van der Waals surface area contributed by atoms with Gasteiger partial charge in [-0.1, -0.05) is 29.5 Å². The zero-order valence-electron chi connectivity index (χ0n) is 18.9. The summed E-state index contributed by atoms with van der Waals surface area (Å²) in [4.78, 5) is 30.8. The van der Waals surface area contributed by atoms with E-state index in [4.69, 9.17) is 14.2 Å². The zero-order chi connectivity index (χ0) is 24.2. The summed E-state index contributed by atoms with van der Waals surface area (Å²) < 4.78 is 31.8. The van der Waals surface area contributed by atoms with Crippen molar-refractivity contribution >= 4 is 23.4 Å². The molecular formula is C25H23FN2O5S. The second-order valence-electron chi connectivity index (χ2n) is 7.30. The molecule has 2 aromatic carbocycles. The highest BCUT2D eigenvalue weighted by Gasteiger charge is 2.31. The lowest BCUT2D eigenvalue weighted by Crippen LogP contribution is -2.39. The summed E-state index contributed by atoms with van der Waals surface area (Å²) in [5, 5.41) is 0. The molecule has 0 spiro atoms. The number of hydrogen-bond donors (Lipinski definition) is 0. The van der Waals surface area contributed by atoms with Crippen molar-refractivity contribution in [3.05, 3.63) is 90.9 Å². The van der Waals surface area contributed by atoms with E-state index >= 15 is 0 Å². The fourth-order valence-electron chi connectivity index (χ4n) is 3.74. The largest absolute Gasteiger partial charge is 0.490 e. The molecule has 0 N–H and O–H groups in total. The Hall–Kier alpha value is -3.72. The maximum atomic E-state index is 13.6. The van der Waals surface area contributed by atoms with E-state index in [1.165, 1.54) is 30.0 Å². The number of halogens is 1. The molecule has 0 saturated heterocycles. The molecule has 176 valence electrons. The molecule has 3 aromatic rings. The molecule has 34 heavy (non-hydrogen) atoms. The zero-order valence-corrected chi connectivity index (χ0v) is 19.7. The first-order valence-corrected chi connectivity index (χ1v) is 11.5. The lowest BCUT2D eigenvalue weighted by molar-refractivity contribution is -0.136. The minimum absolute atomic E-state index is 0.207. The second kappa shape index (κ2) is 10.0. The average molecular weight is 483 g/mol. The van der Waals surface area contributed by atoms with Gasteiger partial charge in [-0.15, -0.1) is 0 Å². The van der Waals surface area contributed by atoms with E-state index in [1.54, 1.807) is 36.4 Å². The van der Waals surface area contributed by atoms with Gasteiger partial charge in [0.25, 0.3) is 5.56 Å². The Morgan fingerprint density at radius 1 is 1.15 bits per heavy atom. The van der Waals surface area contributed by atoms with E-state index in [9.17, 15) is 14.0 Å². The normalized spacial score (nSPS) is 15.2. The Morgan fingerprint density at radius 3 is 2.62 bits per heavy atom. The molecule has 2 heterocycles. The van der Waals surface area contributed by atoms with Gasteiger partial charge in [0.2, 0.25) is 0 Å². The highest BCUT2D eigenvalue weighted by Crippen LogP contribution is 2.35. The van der Waals surface area contributed by atoms with Crippen molar-refractivity contribution in [2.45, 2.75) is 19.9 Å². The number of carbonyl (C=O) groups is 1. The van der Waals surface area contributed by atoms with Gasteiger partial charge in [-0.05, 0) is 55.3 Å². The molecule has 1 aliphatic rings. The third-order valence-corrected chi connectivity index (χ3v) is 6.15. The molecule has 0 saturated carbocycles. The van der Waals surface area contributed by atoms with Gasteiger partial charge >= 0.3 is 5.97 Å². The third kappa shape index (κ3) is 4.51. The summed E-state index contributed by atoms with van der Waals surface area (Å²) in [5.41, 5.74) is 1.05. The maximum Gasteiger partial charge on any atom is 0.337 e. The van der Waals surface area contributed by atoms with Crippen LogP contribution in [0.1, 0.15) is 31.0 Å². The Bertz CT molecular complexity index is 1440. The predicted molar refractivity (Wildman–Crippen MR) is 126 cm³/mol. The molecule has 7 nitrogen and oxygen atoms in total. The van der Waals surface area contributed by atoms with Gasteiger partial charge in [0.1, 0.15) is 5.82 Å².